The molecule has 1 N–H and O–H groups in total. The third-order valence-corrected chi connectivity index (χ3v) is 7.69. The molecule has 1 aromatic carbocycles. The Morgan fingerprint density at radius 2 is 1.82 bits per heavy atom. The van der Waals surface area contributed by atoms with E-state index in [0.717, 1.165) is 35.2 Å². The summed E-state index contributed by atoms with van der Waals surface area (Å²) < 4.78 is 18.1. The van der Waals surface area contributed by atoms with Crippen LogP contribution in [-0.4, -0.2) is 57.0 Å². The molecule has 2 aliphatic rings. The molecule has 8 heteroatoms. The minimum Gasteiger partial charge on any atom is -0.444 e. The normalized spacial score (nSPS) is 25.6. The molecule has 1 amide bonds. The van der Waals surface area contributed by atoms with Gasteiger partial charge in [-0.1, -0.05) is 13.0 Å². The highest BCUT2D eigenvalue weighted by atomic mass is 16.7. The minimum absolute atomic E-state index is 0.0141. The highest BCUT2D eigenvalue weighted by Gasteiger charge is 2.52. The molecule has 0 aliphatic carbocycles. The van der Waals surface area contributed by atoms with Gasteiger partial charge in [0.05, 0.1) is 27.8 Å². The molecular weight excluding hydrogens is 417 g/mol. The lowest BCUT2D eigenvalue weighted by Gasteiger charge is -2.40. The average molecular weight is 455 g/mol. The maximum absolute atomic E-state index is 12.9. The second-order valence-corrected chi connectivity index (χ2v) is 11.8. The Balaban J connectivity index is 1.59. The molecule has 2 aliphatic heterocycles. The largest absolute Gasteiger partial charge is 0.494 e. The smallest absolute Gasteiger partial charge is 0.444 e. The van der Waals surface area contributed by atoms with E-state index in [1.54, 1.807) is 0 Å². The quantitative estimate of drug-likeness (QED) is 0.676. The fraction of sp³-hybridized carbons (Fsp3) is 0.680. The number of benzene rings is 1. The second-order valence-electron chi connectivity index (χ2n) is 11.8. The number of carbonyl (C=O) groups is 1. The van der Waals surface area contributed by atoms with Crippen LogP contribution in [0.5, 0.6) is 0 Å². The summed E-state index contributed by atoms with van der Waals surface area (Å²) >= 11 is 0. The van der Waals surface area contributed by atoms with Crippen LogP contribution in [0.4, 0.5) is 4.79 Å². The van der Waals surface area contributed by atoms with E-state index in [9.17, 15) is 4.79 Å². The van der Waals surface area contributed by atoms with E-state index in [-0.39, 0.29) is 28.8 Å². The van der Waals surface area contributed by atoms with E-state index in [0.29, 0.717) is 6.54 Å². The van der Waals surface area contributed by atoms with Crippen LogP contribution in [-0.2, 0) is 14.0 Å². The Bertz CT molecular complexity index is 1040. The summed E-state index contributed by atoms with van der Waals surface area (Å²) in [4.78, 5) is 23.2. The number of ether oxygens (including phenoxy) is 1. The SMILES string of the molecule is CC(c1nc2ccc(B3OC(C)(C)C(C)(C)O3)cc2[nH]1)C1(C)CCCN1C(=O)OC(C)(C)C. The maximum atomic E-state index is 12.9. The first kappa shape index (κ1) is 24.1. The first-order valence-electron chi connectivity index (χ1n) is 12.0. The molecule has 2 unspecified atom stereocenters. The number of H-pyrrole nitrogens is 1. The number of imidazole rings is 1. The standard InChI is InChI=1S/C25H38BN3O4/c1-16(25(9)13-10-14-29(25)21(30)31-22(2,3)4)20-27-18-12-11-17(15-19(18)28-20)26-32-23(5,6)24(7,8)33-26/h11-12,15-16H,10,13-14H2,1-9H3,(H,27,28). The average Bonchev–Trinajstić information content (AvgIpc) is 3.33. The van der Waals surface area contributed by atoms with Crippen LogP contribution >= 0.6 is 0 Å². The van der Waals surface area contributed by atoms with Gasteiger partial charge in [0.15, 0.2) is 0 Å². The Hall–Kier alpha value is -2.06. The number of hydrogen-bond acceptors (Lipinski definition) is 5. The molecule has 0 radical (unpaired) electrons. The molecule has 7 nitrogen and oxygen atoms in total. The first-order valence-corrected chi connectivity index (χ1v) is 12.0. The van der Waals surface area contributed by atoms with E-state index >= 15 is 0 Å². The highest BCUT2D eigenvalue weighted by Crippen LogP contribution is 2.41. The number of amides is 1. The predicted molar refractivity (Wildman–Crippen MR) is 131 cm³/mol. The van der Waals surface area contributed by atoms with Gasteiger partial charge in [-0.15, -0.1) is 0 Å². The molecule has 4 rings (SSSR count). The van der Waals surface area contributed by atoms with Crippen molar-refractivity contribution in [2.24, 2.45) is 0 Å². The van der Waals surface area contributed by atoms with Gasteiger partial charge in [-0.3, -0.25) is 0 Å². The lowest BCUT2D eigenvalue weighted by molar-refractivity contribution is 0.00578. The zero-order chi connectivity index (χ0) is 24.4. The Labute approximate surface area is 197 Å². The van der Waals surface area contributed by atoms with Crippen molar-refractivity contribution >= 4 is 29.7 Å². The van der Waals surface area contributed by atoms with Crippen molar-refractivity contribution in [3.63, 3.8) is 0 Å². The number of nitrogens with one attached hydrogen (secondary N) is 1. The van der Waals surface area contributed by atoms with Gasteiger partial charge in [0, 0.05) is 12.5 Å². The number of carbonyl (C=O) groups excluding carboxylic acids is 1. The van der Waals surface area contributed by atoms with E-state index < -0.39 is 12.7 Å². The topological polar surface area (TPSA) is 76.7 Å². The van der Waals surface area contributed by atoms with Crippen LogP contribution in [0, 0.1) is 0 Å². The van der Waals surface area contributed by atoms with Crippen LogP contribution in [0.2, 0.25) is 0 Å². The van der Waals surface area contributed by atoms with Crippen LogP contribution < -0.4 is 5.46 Å². The van der Waals surface area contributed by atoms with Crippen molar-refractivity contribution in [1.82, 2.24) is 14.9 Å². The summed E-state index contributed by atoms with van der Waals surface area (Å²) in [5.41, 5.74) is 1.13. The number of fused-ring (bicyclic) bond motifs is 1. The molecule has 2 atom stereocenters. The van der Waals surface area contributed by atoms with Crippen LogP contribution in [0.25, 0.3) is 11.0 Å². The lowest BCUT2D eigenvalue weighted by Crippen LogP contribution is -2.50. The summed E-state index contributed by atoms with van der Waals surface area (Å²) in [6.45, 7) is 18.9. The summed E-state index contributed by atoms with van der Waals surface area (Å²) in [6.07, 6.45) is 1.60. The molecule has 2 fully saturated rings. The molecule has 0 spiro atoms. The van der Waals surface area contributed by atoms with Gasteiger partial charge < -0.3 is 23.9 Å². The molecule has 33 heavy (non-hydrogen) atoms. The molecule has 3 heterocycles. The monoisotopic (exact) mass is 455 g/mol. The number of rotatable bonds is 3. The zero-order valence-electron chi connectivity index (χ0n) is 21.5. The van der Waals surface area contributed by atoms with Crippen molar-refractivity contribution in [1.29, 1.82) is 0 Å². The van der Waals surface area contributed by atoms with Gasteiger partial charge in [-0.05, 0) is 85.8 Å². The van der Waals surface area contributed by atoms with Crippen LogP contribution in [0.1, 0.15) is 86.9 Å². The van der Waals surface area contributed by atoms with Gasteiger partial charge in [-0.25, -0.2) is 9.78 Å². The lowest BCUT2D eigenvalue weighted by atomic mass is 9.79. The molecule has 2 aromatic rings. The zero-order valence-corrected chi connectivity index (χ0v) is 21.5. The van der Waals surface area contributed by atoms with E-state index in [2.05, 4.69) is 52.6 Å². The Morgan fingerprint density at radius 3 is 2.42 bits per heavy atom. The van der Waals surface area contributed by atoms with Gasteiger partial charge in [0.25, 0.3) is 0 Å². The fourth-order valence-electron chi connectivity index (χ4n) is 4.72. The predicted octanol–water partition coefficient (Wildman–Crippen LogP) is 4.76. The Kier molecular flexibility index (Phi) is 5.65. The van der Waals surface area contributed by atoms with Crippen LogP contribution in [0.15, 0.2) is 18.2 Å². The van der Waals surface area contributed by atoms with Crippen LogP contribution in [0.3, 0.4) is 0 Å². The molecule has 2 saturated heterocycles. The first-order chi connectivity index (χ1) is 15.1. The van der Waals surface area contributed by atoms with Crippen molar-refractivity contribution in [3.8, 4) is 0 Å². The fourth-order valence-corrected chi connectivity index (χ4v) is 4.72. The number of aromatic nitrogens is 2. The van der Waals surface area contributed by atoms with E-state index in [4.69, 9.17) is 19.0 Å². The molecule has 1 aromatic heterocycles. The van der Waals surface area contributed by atoms with Gasteiger partial charge in [0.1, 0.15) is 11.4 Å². The van der Waals surface area contributed by atoms with Crippen molar-refractivity contribution in [2.45, 2.75) is 103 Å². The summed E-state index contributed by atoms with van der Waals surface area (Å²) in [6, 6.07) is 6.08. The van der Waals surface area contributed by atoms with E-state index in [1.165, 1.54) is 0 Å². The number of nitrogens with zero attached hydrogens (tertiary/aromatic N) is 2. The summed E-state index contributed by atoms with van der Waals surface area (Å²) in [5.74, 6) is 0.884. The molecule has 0 saturated carbocycles. The summed E-state index contributed by atoms with van der Waals surface area (Å²) in [7, 11) is -0.418. The Morgan fingerprint density at radius 1 is 1.18 bits per heavy atom. The van der Waals surface area contributed by atoms with Gasteiger partial charge in [-0.2, -0.15) is 0 Å². The van der Waals surface area contributed by atoms with Crippen molar-refractivity contribution in [2.75, 3.05) is 6.54 Å². The number of likely N-dealkylation sites (tertiary alicyclic amines) is 1. The van der Waals surface area contributed by atoms with Gasteiger partial charge in [0.2, 0.25) is 0 Å². The highest BCUT2D eigenvalue weighted by molar-refractivity contribution is 6.62. The maximum Gasteiger partial charge on any atom is 0.494 e. The van der Waals surface area contributed by atoms with Gasteiger partial charge >= 0.3 is 13.2 Å². The number of hydrogen-bond donors (Lipinski definition) is 1. The molecule has 0 bridgehead atoms. The third-order valence-electron chi connectivity index (χ3n) is 7.69. The molecule has 180 valence electrons. The van der Waals surface area contributed by atoms with Crippen molar-refractivity contribution < 1.29 is 18.8 Å². The number of aromatic amines is 1. The second kappa shape index (κ2) is 7.74. The van der Waals surface area contributed by atoms with Crippen molar-refractivity contribution in [3.05, 3.63) is 24.0 Å². The molecular formula is C25H38BN3O4. The van der Waals surface area contributed by atoms with E-state index in [1.807, 2.05) is 37.8 Å². The summed E-state index contributed by atoms with van der Waals surface area (Å²) in [5, 5.41) is 0. The minimum atomic E-state index is -0.521. The third kappa shape index (κ3) is 4.28.